The molecule has 120 valence electrons. The van der Waals surface area contributed by atoms with Crippen LogP contribution in [0.3, 0.4) is 0 Å². The second-order valence-electron chi connectivity index (χ2n) is 5.56. The molecule has 2 aromatic carbocycles. The van der Waals surface area contributed by atoms with E-state index in [0.717, 1.165) is 17.2 Å². The maximum absolute atomic E-state index is 12.8. The number of hydrogen-bond acceptors (Lipinski definition) is 4. The summed E-state index contributed by atoms with van der Waals surface area (Å²) in [5.74, 6) is 0. The SMILES string of the molecule is Cc1ccc(S(=O)(=O)N2CCc3ccccc3C2)cc1[N+](=O)[O-]. The van der Waals surface area contributed by atoms with E-state index in [-0.39, 0.29) is 10.6 Å². The summed E-state index contributed by atoms with van der Waals surface area (Å²) in [5.41, 5.74) is 2.39. The molecule has 2 aromatic rings. The highest BCUT2D eigenvalue weighted by atomic mass is 32.2. The van der Waals surface area contributed by atoms with E-state index >= 15 is 0 Å². The van der Waals surface area contributed by atoms with Gasteiger partial charge in [0.15, 0.2) is 0 Å². The van der Waals surface area contributed by atoms with Crippen molar-refractivity contribution >= 4 is 15.7 Å². The monoisotopic (exact) mass is 332 g/mol. The van der Waals surface area contributed by atoms with Crippen molar-refractivity contribution < 1.29 is 13.3 Å². The molecule has 0 amide bonds. The fraction of sp³-hybridized carbons (Fsp3) is 0.250. The number of hydrogen-bond donors (Lipinski definition) is 0. The largest absolute Gasteiger partial charge is 0.273 e. The van der Waals surface area contributed by atoms with Crippen molar-refractivity contribution in [3.05, 3.63) is 69.3 Å². The lowest BCUT2D eigenvalue weighted by Gasteiger charge is -2.28. The van der Waals surface area contributed by atoms with Crippen molar-refractivity contribution in [1.82, 2.24) is 4.31 Å². The number of nitro groups is 1. The molecule has 23 heavy (non-hydrogen) atoms. The second-order valence-corrected chi connectivity index (χ2v) is 7.50. The van der Waals surface area contributed by atoms with Crippen LogP contribution in [0.5, 0.6) is 0 Å². The van der Waals surface area contributed by atoms with Crippen LogP contribution in [0.15, 0.2) is 47.4 Å². The molecule has 0 aromatic heterocycles. The van der Waals surface area contributed by atoms with Gasteiger partial charge in [-0.2, -0.15) is 4.31 Å². The van der Waals surface area contributed by atoms with Gasteiger partial charge in [-0.1, -0.05) is 30.3 Å². The van der Waals surface area contributed by atoms with Gasteiger partial charge in [-0.15, -0.1) is 0 Å². The van der Waals surface area contributed by atoms with E-state index in [9.17, 15) is 18.5 Å². The van der Waals surface area contributed by atoms with E-state index in [2.05, 4.69) is 0 Å². The van der Waals surface area contributed by atoms with Crippen LogP contribution in [0.2, 0.25) is 0 Å². The minimum atomic E-state index is -3.75. The normalized spacial score (nSPS) is 15.2. The van der Waals surface area contributed by atoms with Gasteiger partial charge in [-0.05, 0) is 30.5 Å². The molecule has 6 nitrogen and oxygen atoms in total. The number of benzene rings is 2. The van der Waals surface area contributed by atoms with E-state index in [0.29, 0.717) is 25.1 Å². The molecule has 0 N–H and O–H groups in total. The molecule has 0 unspecified atom stereocenters. The number of aryl methyl sites for hydroxylation is 1. The Hall–Kier alpha value is -2.25. The third kappa shape index (κ3) is 2.85. The van der Waals surface area contributed by atoms with Crippen molar-refractivity contribution in [3.63, 3.8) is 0 Å². The van der Waals surface area contributed by atoms with Gasteiger partial charge in [0.1, 0.15) is 0 Å². The summed E-state index contributed by atoms with van der Waals surface area (Å²) in [6, 6.07) is 11.8. The van der Waals surface area contributed by atoms with Crippen molar-refractivity contribution in [3.8, 4) is 0 Å². The fourth-order valence-corrected chi connectivity index (χ4v) is 4.21. The van der Waals surface area contributed by atoms with Gasteiger partial charge >= 0.3 is 0 Å². The molecule has 1 aliphatic rings. The molecule has 7 heteroatoms. The molecule has 0 fully saturated rings. The standard InChI is InChI=1S/C16H16N2O4S/c1-12-6-7-15(10-16(12)18(19)20)23(21,22)17-9-8-13-4-2-3-5-14(13)11-17/h2-7,10H,8-9,11H2,1H3. The van der Waals surface area contributed by atoms with E-state index in [1.54, 1.807) is 6.92 Å². The first-order valence-electron chi connectivity index (χ1n) is 7.21. The van der Waals surface area contributed by atoms with Crippen LogP contribution in [0, 0.1) is 17.0 Å². The van der Waals surface area contributed by atoms with E-state index in [1.807, 2.05) is 24.3 Å². The Morgan fingerprint density at radius 2 is 1.83 bits per heavy atom. The zero-order valence-corrected chi connectivity index (χ0v) is 13.4. The molecular formula is C16H16N2O4S. The molecule has 0 spiro atoms. The summed E-state index contributed by atoms with van der Waals surface area (Å²) in [4.78, 5) is 10.4. The van der Waals surface area contributed by atoms with Gasteiger partial charge < -0.3 is 0 Å². The van der Waals surface area contributed by atoms with Crippen LogP contribution in [-0.2, 0) is 23.0 Å². The van der Waals surface area contributed by atoms with Gasteiger partial charge in [0, 0.05) is 24.7 Å². The van der Waals surface area contributed by atoms with Crippen molar-refractivity contribution in [2.45, 2.75) is 24.8 Å². The van der Waals surface area contributed by atoms with Crippen LogP contribution in [0.1, 0.15) is 16.7 Å². The first kappa shape index (κ1) is 15.6. The topological polar surface area (TPSA) is 80.5 Å². The van der Waals surface area contributed by atoms with Crippen LogP contribution >= 0.6 is 0 Å². The highest BCUT2D eigenvalue weighted by molar-refractivity contribution is 7.89. The Kier molecular flexibility index (Phi) is 3.91. The lowest BCUT2D eigenvalue weighted by atomic mass is 10.0. The van der Waals surface area contributed by atoms with Crippen molar-refractivity contribution in [2.24, 2.45) is 0 Å². The third-order valence-electron chi connectivity index (χ3n) is 4.11. The lowest BCUT2D eigenvalue weighted by molar-refractivity contribution is -0.385. The molecule has 3 rings (SSSR count). The average molecular weight is 332 g/mol. The molecule has 1 heterocycles. The summed E-state index contributed by atoms with van der Waals surface area (Å²) in [6.45, 7) is 2.26. The van der Waals surface area contributed by atoms with Gasteiger partial charge in [-0.25, -0.2) is 8.42 Å². The number of fused-ring (bicyclic) bond motifs is 1. The van der Waals surface area contributed by atoms with Crippen LogP contribution in [0.4, 0.5) is 5.69 Å². The predicted octanol–water partition coefficient (Wildman–Crippen LogP) is 2.65. The molecule has 0 saturated heterocycles. The minimum absolute atomic E-state index is 0.0332. The van der Waals surface area contributed by atoms with E-state index in [4.69, 9.17) is 0 Å². The smallest absolute Gasteiger partial charge is 0.258 e. The second kappa shape index (κ2) is 5.75. The Bertz CT molecular complexity index is 877. The molecule has 0 bridgehead atoms. The zero-order valence-electron chi connectivity index (χ0n) is 12.6. The highest BCUT2D eigenvalue weighted by Crippen LogP contribution is 2.28. The Morgan fingerprint density at radius 3 is 2.52 bits per heavy atom. The summed E-state index contributed by atoms with van der Waals surface area (Å²) >= 11 is 0. The number of sulfonamides is 1. The fourth-order valence-electron chi connectivity index (χ4n) is 2.77. The maximum atomic E-state index is 12.8. The van der Waals surface area contributed by atoms with Gasteiger partial charge in [0.05, 0.1) is 9.82 Å². The van der Waals surface area contributed by atoms with E-state index < -0.39 is 14.9 Å². The Labute approximate surface area is 134 Å². The summed E-state index contributed by atoms with van der Waals surface area (Å²) in [6.07, 6.45) is 0.642. The van der Waals surface area contributed by atoms with Crippen molar-refractivity contribution in [2.75, 3.05) is 6.54 Å². The number of nitrogens with zero attached hydrogens (tertiary/aromatic N) is 2. The van der Waals surface area contributed by atoms with Gasteiger partial charge in [0.25, 0.3) is 5.69 Å². The van der Waals surface area contributed by atoms with Crippen LogP contribution in [0.25, 0.3) is 0 Å². The van der Waals surface area contributed by atoms with Crippen LogP contribution in [-0.4, -0.2) is 24.2 Å². The zero-order chi connectivity index (χ0) is 16.6. The summed E-state index contributed by atoms with van der Waals surface area (Å²) < 4.78 is 27.0. The molecule has 0 atom stereocenters. The maximum Gasteiger partial charge on any atom is 0.273 e. The van der Waals surface area contributed by atoms with Crippen LogP contribution < -0.4 is 0 Å². The molecular weight excluding hydrogens is 316 g/mol. The first-order valence-corrected chi connectivity index (χ1v) is 8.65. The summed E-state index contributed by atoms with van der Waals surface area (Å²) in [5, 5.41) is 11.0. The third-order valence-corrected chi connectivity index (χ3v) is 5.95. The molecule has 0 aliphatic carbocycles. The predicted molar refractivity (Wildman–Crippen MR) is 85.6 cm³/mol. The summed E-state index contributed by atoms with van der Waals surface area (Å²) in [7, 11) is -3.75. The Balaban J connectivity index is 1.97. The first-order chi connectivity index (χ1) is 10.9. The highest BCUT2D eigenvalue weighted by Gasteiger charge is 2.29. The molecule has 0 saturated carbocycles. The average Bonchev–Trinajstić information content (AvgIpc) is 2.54. The van der Waals surface area contributed by atoms with E-state index in [1.165, 1.54) is 16.4 Å². The Morgan fingerprint density at radius 1 is 1.13 bits per heavy atom. The van der Waals surface area contributed by atoms with Crippen molar-refractivity contribution in [1.29, 1.82) is 0 Å². The number of nitro benzene ring substituents is 1. The molecule has 0 radical (unpaired) electrons. The van der Waals surface area contributed by atoms with Gasteiger partial charge in [0.2, 0.25) is 10.0 Å². The number of rotatable bonds is 3. The quantitative estimate of drug-likeness (QED) is 0.639. The molecule has 1 aliphatic heterocycles. The minimum Gasteiger partial charge on any atom is -0.258 e. The lowest BCUT2D eigenvalue weighted by Crippen LogP contribution is -2.35. The van der Waals surface area contributed by atoms with Gasteiger partial charge in [-0.3, -0.25) is 10.1 Å².